The molecule has 0 radical (unpaired) electrons. The summed E-state index contributed by atoms with van der Waals surface area (Å²) in [6, 6.07) is 6.88. The van der Waals surface area contributed by atoms with E-state index < -0.39 is 0 Å². The van der Waals surface area contributed by atoms with Gasteiger partial charge in [-0.2, -0.15) is 0 Å². The molecule has 4 heteroatoms. The van der Waals surface area contributed by atoms with E-state index in [9.17, 15) is 5.11 Å². The average molecular weight is 281 g/mol. The van der Waals surface area contributed by atoms with Gasteiger partial charge in [0.05, 0.1) is 5.02 Å². The highest BCUT2D eigenvalue weighted by molar-refractivity contribution is 6.32. The lowest BCUT2D eigenvalue weighted by atomic mass is 9.97. The molecule has 0 amide bonds. The van der Waals surface area contributed by atoms with Gasteiger partial charge in [0.25, 0.3) is 0 Å². The third kappa shape index (κ3) is 2.88. The minimum atomic E-state index is 0.218. The van der Waals surface area contributed by atoms with Crippen molar-refractivity contribution in [2.45, 2.75) is 44.3 Å². The summed E-state index contributed by atoms with van der Waals surface area (Å²) in [6.45, 7) is 3.19. The van der Waals surface area contributed by atoms with Crippen molar-refractivity contribution in [1.82, 2.24) is 10.2 Å². The van der Waals surface area contributed by atoms with Crippen molar-refractivity contribution in [1.29, 1.82) is 0 Å². The molecule has 2 unspecified atom stereocenters. The van der Waals surface area contributed by atoms with Gasteiger partial charge in [-0.25, -0.2) is 0 Å². The zero-order valence-corrected chi connectivity index (χ0v) is 11.9. The van der Waals surface area contributed by atoms with Crippen LogP contribution in [0.3, 0.4) is 0 Å². The fourth-order valence-electron chi connectivity index (χ4n) is 3.37. The fourth-order valence-corrected chi connectivity index (χ4v) is 3.56. The number of nitrogens with one attached hydrogen (secondary N) is 1. The first-order valence-electron chi connectivity index (χ1n) is 7.18. The van der Waals surface area contributed by atoms with E-state index in [0.29, 0.717) is 17.6 Å². The lowest BCUT2D eigenvalue weighted by molar-refractivity contribution is 0.166. The summed E-state index contributed by atoms with van der Waals surface area (Å²) in [7, 11) is 0. The van der Waals surface area contributed by atoms with Crippen molar-refractivity contribution < 1.29 is 5.11 Å². The van der Waals surface area contributed by atoms with E-state index >= 15 is 0 Å². The fraction of sp³-hybridized carbons (Fsp3) is 0.600. The van der Waals surface area contributed by atoms with Gasteiger partial charge in [0.2, 0.25) is 0 Å². The van der Waals surface area contributed by atoms with Gasteiger partial charge < -0.3 is 15.3 Å². The van der Waals surface area contributed by atoms with Crippen molar-refractivity contribution in [3.63, 3.8) is 0 Å². The highest BCUT2D eigenvalue weighted by Gasteiger charge is 2.31. The predicted molar refractivity (Wildman–Crippen MR) is 77.6 cm³/mol. The van der Waals surface area contributed by atoms with Gasteiger partial charge in [-0.05, 0) is 44.8 Å². The molecule has 0 aliphatic carbocycles. The Bertz CT molecular complexity index is 452. The number of rotatable bonds is 3. The molecule has 19 heavy (non-hydrogen) atoms. The summed E-state index contributed by atoms with van der Waals surface area (Å²) in [5.74, 6) is 0.218. The summed E-state index contributed by atoms with van der Waals surface area (Å²) in [6.07, 6.45) is 5.15. The normalized spacial score (nSPS) is 27.4. The summed E-state index contributed by atoms with van der Waals surface area (Å²) >= 11 is 5.92. The monoisotopic (exact) mass is 280 g/mol. The number of aromatic hydroxyl groups is 1. The standard InChI is InChI=1S/C15H21ClN2O/c16-14-5-1-3-11(15(14)19)10-17-12-6-8-18-7-2-4-13(18)9-12/h1,3,5,12-13,17,19H,2,4,6-10H2. The molecule has 2 saturated heterocycles. The zero-order chi connectivity index (χ0) is 13.2. The Labute approximate surface area is 119 Å². The van der Waals surface area contributed by atoms with Crippen LogP contribution in [-0.4, -0.2) is 35.2 Å². The van der Waals surface area contributed by atoms with E-state index in [1.54, 1.807) is 6.07 Å². The molecule has 2 aliphatic heterocycles. The Hall–Kier alpha value is -0.770. The Morgan fingerprint density at radius 2 is 2.21 bits per heavy atom. The van der Waals surface area contributed by atoms with E-state index in [4.69, 9.17) is 11.6 Å². The van der Waals surface area contributed by atoms with E-state index in [-0.39, 0.29) is 5.75 Å². The van der Waals surface area contributed by atoms with Crippen LogP contribution in [-0.2, 0) is 6.54 Å². The van der Waals surface area contributed by atoms with Crippen molar-refractivity contribution in [3.8, 4) is 5.75 Å². The van der Waals surface area contributed by atoms with Crippen LogP contribution in [0.1, 0.15) is 31.2 Å². The number of piperidine rings is 1. The lowest BCUT2D eigenvalue weighted by Crippen LogP contribution is -2.45. The number of hydrogen-bond donors (Lipinski definition) is 2. The topological polar surface area (TPSA) is 35.5 Å². The summed E-state index contributed by atoms with van der Waals surface area (Å²) in [5.41, 5.74) is 0.890. The second-order valence-electron chi connectivity index (χ2n) is 5.68. The molecule has 1 aromatic carbocycles. The van der Waals surface area contributed by atoms with E-state index in [1.807, 2.05) is 12.1 Å². The molecule has 104 valence electrons. The molecule has 2 heterocycles. The van der Waals surface area contributed by atoms with Crippen molar-refractivity contribution >= 4 is 11.6 Å². The molecule has 3 rings (SSSR count). The lowest BCUT2D eigenvalue weighted by Gasteiger charge is -2.35. The number of phenols is 1. The summed E-state index contributed by atoms with van der Waals surface area (Å²) in [4.78, 5) is 2.62. The maximum Gasteiger partial charge on any atom is 0.138 e. The maximum atomic E-state index is 9.90. The Balaban J connectivity index is 1.56. The van der Waals surface area contributed by atoms with Crippen LogP contribution in [0, 0.1) is 0 Å². The molecule has 0 bridgehead atoms. The van der Waals surface area contributed by atoms with Gasteiger partial charge in [0.15, 0.2) is 0 Å². The van der Waals surface area contributed by atoms with E-state index in [0.717, 1.165) is 11.6 Å². The highest BCUT2D eigenvalue weighted by Crippen LogP contribution is 2.29. The summed E-state index contributed by atoms with van der Waals surface area (Å²) in [5, 5.41) is 13.9. The van der Waals surface area contributed by atoms with Crippen LogP contribution in [0.25, 0.3) is 0 Å². The van der Waals surface area contributed by atoms with Gasteiger partial charge in [-0.3, -0.25) is 0 Å². The molecule has 2 atom stereocenters. The van der Waals surface area contributed by atoms with Gasteiger partial charge in [0.1, 0.15) is 5.75 Å². The zero-order valence-electron chi connectivity index (χ0n) is 11.1. The van der Waals surface area contributed by atoms with Crippen molar-refractivity contribution in [2.24, 2.45) is 0 Å². The molecular weight excluding hydrogens is 260 g/mol. The second kappa shape index (κ2) is 5.70. The van der Waals surface area contributed by atoms with Gasteiger partial charge in [-0.1, -0.05) is 23.7 Å². The van der Waals surface area contributed by atoms with Crippen LogP contribution >= 0.6 is 11.6 Å². The minimum absolute atomic E-state index is 0.218. The van der Waals surface area contributed by atoms with E-state index in [1.165, 1.54) is 38.8 Å². The van der Waals surface area contributed by atoms with Crippen LogP contribution in [0.15, 0.2) is 18.2 Å². The van der Waals surface area contributed by atoms with E-state index in [2.05, 4.69) is 10.2 Å². The number of hydrogen-bond acceptors (Lipinski definition) is 3. The van der Waals surface area contributed by atoms with Crippen molar-refractivity contribution in [2.75, 3.05) is 13.1 Å². The summed E-state index contributed by atoms with van der Waals surface area (Å²) < 4.78 is 0. The number of benzene rings is 1. The SMILES string of the molecule is Oc1c(Cl)cccc1CNC1CCN2CCCC2C1. The maximum absolute atomic E-state index is 9.90. The largest absolute Gasteiger partial charge is 0.506 e. The molecule has 0 spiro atoms. The Morgan fingerprint density at radius 3 is 3.11 bits per heavy atom. The van der Waals surface area contributed by atoms with Crippen molar-refractivity contribution in [3.05, 3.63) is 28.8 Å². The first kappa shape index (κ1) is 13.2. The van der Waals surface area contributed by atoms with Crippen LogP contribution < -0.4 is 5.32 Å². The molecule has 0 saturated carbocycles. The average Bonchev–Trinajstić information content (AvgIpc) is 2.88. The number of para-hydroxylation sites is 1. The molecular formula is C15H21ClN2O. The smallest absolute Gasteiger partial charge is 0.138 e. The Kier molecular flexibility index (Phi) is 3.96. The molecule has 3 nitrogen and oxygen atoms in total. The number of phenolic OH excluding ortho intramolecular Hbond substituents is 1. The first-order chi connectivity index (χ1) is 9.24. The molecule has 2 N–H and O–H groups in total. The minimum Gasteiger partial charge on any atom is -0.506 e. The van der Waals surface area contributed by atoms with Crippen LogP contribution in [0.5, 0.6) is 5.75 Å². The van der Waals surface area contributed by atoms with Gasteiger partial charge in [-0.15, -0.1) is 0 Å². The number of nitrogens with zero attached hydrogens (tertiary/aromatic N) is 1. The second-order valence-corrected chi connectivity index (χ2v) is 6.09. The third-order valence-electron chi connectivity index (χ3n) is 4.47. The first-order valence-corrected chi connectivity index (χ1v) is 7.55. The number of fused-ring (bicyclic) bond motifs is 1. The van der Waals surface area contributed by atoms with Gasteiger partial charge >= 0.3 is 0 Å². The number of halogens is 1. The van der Waals surface area contributed by atoms with Crippen LogP contribution in [0.4, 0.5) is 0 Å². The molecule has 2 aliphatic rings. The molecule has 2 fully saturated rings. The quantitative estimate of drug-likeness (QED) is 0.894. The Morgan fingerprint density at radius 1 is 1.32 bits per heavy atom. The molecule has 1 aromatic rings. The highest BCUT2D eigenvalue weighted by atomic mass is 35.5. The van der Waals surface area contributed by atoms with Gasteiger partial charge in [0, 0.05) is 24.2 Å². The van der Waals surface area contributed by atoms with Crippen LogP contribution in [0.2, 0.25) is 5.02 Å². The third-order valence-corrected chi connectivity index (χ3v) is 4.78. The molecule has 0 aromatic heterocycles. The predicted octanol–water partition coefficient (Wildman–Crippen LogP) is 2.76.